The number of halogens is 1. The van der Waals surface area contributed by atoms with Gasteiger partial charge in [-0.25, -0.2) is 4.79 Å². The smallest absolute Gasteiger partial charge is 0.325 e. The molecule has 4 N–H and O–H groups in total. The molecule has 23 heavy (non-hydrogen) atoms. The van der Waals surface area contributed by atoms with Gasteiger partial charge >= 0.3 is 6.03 Å². The molecule has 4 amide bonds. The van der Waals surface area contributed by atoms with Gasteiger partial charge < -0.3 is 16.4 Å². The molecule has 2 atom stereocenters. The van der Waals surface area contributed by atoms with E-state index in [0.717, 1.165) is 37.0 Å². The second-order valence-corrected chi connectivity index (χ2v) is 6.29. The van der Waals surface area contributed by atoms with Gasteiger partial charge in [0.25, 0.3) is 5.91 Å². The van der Waals surface area contributed by atoms with Crippen molar-refractivity contribution in [1.29, 1.82) is 0 Å². The molecular weight excluding hydrogens is 320 g/mol. The van der Waals surface area contributed by atoms with Crippen LogP contribution in [0.25, 0.3) is 0 Å². The van der Waals surface area contributed by atoms with Crippen molar-refractivity contribution in [3.8, 4) is 0 Å². The summed E-state index contributed by atoms with van der Waals surface area (Å²) in [4.78, 5) is 37.7. The van der Waals surface area contributed by atoms with Gasteiger partial charge in [-0.2, -0.15) is 0 Å². The standard InChI is InChI=1S/C15H26N4O3.ClH/c1-11-6-2-3-7-15(11)13(21)19(14(22)18-15)10-12(20)17-9-5-4-8-16;/h11H,2-10,16H2,1H3,(H,17,20)(H,18,22);1H. The number of unbranched alkanes of at least 4 members (excludes halogenated alkanes) is 1. The third-order valence-corrected chi connectivity index (χ3v) is 4.76. The van der Waals surface area contributed by atoms with E-state index in [1.54, 1.807) is 0 Å². The van der Waals surface area contributed by atoms with E-state index in [2.05, 4.69) is 10.6 Å². The quantitative estimate of drug-likeness (QED) is 0.488. The van der Waals surface area contributed by atoms with Crippen molar-refractivity contribution in [2.75, 3.05) is 19.6 Å². The average molecular weight is 347 g/mol. The molecule has 132 valence electrons. The highest BCUT2D eigenvalue weighted by molar-refractivity contribution is 6.09. The lowest BCUT2D eigenvalue weighted by atomic mass is 9.73. The van der Waals surface area contributed by atoms with Gasteiger partial charge in [0.2, 0.25) is 5.91 Å². The lowest BCUT2D eigenvalue weighted by Crippen LogP contribution is -2.54. The highest BCUT2D eigenvalue weighted by Gasteiger charge is 2.55. The van der Waals surface area contributed by atoms with Gasteiger partial charge in [-0.05, 0) is 38.1 Å². The molecule has 2 aliphatic rings. The number of carbonyl (C=O) groups excluding carboxylic acids is 3. The van der Waals surface area contributed by atoms with Crippen LogP contribution in [-0.2, 0) is 9.59 Å². The summed E-state index contributed by atoms with van der Waals surface area (Å²) >= 11 is 0. The Balaban J connectivity index is 0.00000264. The van der Waals surface area contributed by atoms with E-state index in [-0.39, 0.29) is 36.7 Å². The van der Waals surface area contributed by atoms with Gasteiger partial charge in [-0.15, -0.1) is 12.4 Å². The molecule has 1 saturated heterocycles. The molecule has 0 aromatic heterocycles. The Morgan fingerprint density at radius 1 is 1.39 bits per heavy atom. The highest BCUT2D eigenvalue weighted by atomic mass is 35.5. The molecule has 2 rings (SSSR count). The molecule has 0 radical (unpaired) electrons. The molecule has 0 bridgehead atoms. The van der Waals surface area contributed by atoms with Crippen LogP contribution in [0.15, 0.2) is 0 Å². The first-order chi connectivity index (χ1) is 10.5. The summed E-state index contributed by atoms with van der Waals surface area (Å²) < 4.78 is 0. The third-order valence-electron chi connectivity index (χ3n) is 4.76. The number of imide groups is 1. The summed E-state index contributed by atoms with van der Waals surface area (Å²) in [6, 6.07) is -0.448. The highest BCUT2D eigenvalue weighted by Crippen LogP contribution is 2.38. The molecule has 0 aromatic rings. The van der Waals surface area contributed by atoms with Gasteiger partial charge in [-0.1, -0.05) is 19.8 Å². The number of hydrogen-bond donors (Lipinski definition) is 3. The second kappa shape index (κ2) is 8.49. The van der Waals surface area contributed by atoms with Crippen LogP contribution in [0.3, 0.4) is 0 Å². The molecule has 1 heterocycles. The normalized spacial score (nSPS) is 26.9. The number of nitrogens with zero attached hydrogens (tertiary/aromatic N) is 1. The van der Waals surface area contributed by atoms with Crippen molar-refractivity contribution in [3.05, 3.63) is 0 Å². The second-order valence-electron chi connectivity index (χ2n) is 6.29. The van der Waals surface area contributed by atoms with Crippen molar-refractivity contribution in [3.63, 3.8) is 0 Å². The lowest BCUT2D eigenvalue weighted by Gasteiger charge is -2.36. The topological polar surface area (TPSA) is 105 Å². The maximum absolute atomic E-state index is 12.7. The fourth-order valence-electron chi connectivity index (χ4n) is 3.34. The Hall–Kier alpha value is -1.34. The van der Waals surface area contributed by atoms with Crippen molar-refractivity contribution in [2.45, 2.75) is 51.0 Å². The van der Waals surface area contributed by atoms with Crippen LogP contribution >= 0.6 is 12.4 Å². The Morgan fingerprint density at radius 3 is 2.78 bits per heavy atom. The summed E-state index contributed by atoms with van der Waals surface area (Å²) in [5.74, 6) is -0.446. The van der Waals surface area contributed by atoms with Crippen LogP contribution in [0.5, 0.6) is 0 Å². The first kappa shape index (κ1) is 19.7. The van der Waals surface area contributed by atoms with Crippen LogP contribution in [0.1, 0.15) is 45.4 Å². The van der Waals surface area contributed by atoms with Crippen LogP contribution in [0.2, 0.25) is 0 Å². The van der Waals surface area contributed by atoms with Crippen molar-refractivity contribution >= 4 is 30.3 Å². The predicted octanol–water partition coefficient (Wildman–Crippen LogP) is 0.764. The average Bonchev–Trinajstić information content (AvgIpc) is 2.72. The van der Waals surface area contributed by atoms with Crippen LogP contribution in [0, 0.1) is 5.92 Å². The van der Waals surface area contributed by atoms with E-state index < -0.39 is 11.6 Å². The number of nitrogens with one attached hydrogen (secondary N) is 2. The maximum atomic E-state index is 12.7. The minimum Gasteiger partial charge on any atom is -0.355 e. The van der Waals surface area contributed by atoms with Crippen molar-refractivity contribution < 1.29 is 14.4 Å². The zero-order valence-electron chi connectivity index (χ0n) is 13.6. The van der Waals surface area contributed by atoms with Gasteiger partial charge in [0, 0.05) is 6.54 Å². The first-order valence-corrected chi connectivity index (χ1v) is 8.12. The number of hydrogen-bond acceptors (Lipinski definition) is 4. The SMILES string of the molecule is CC1CCCCC12NC(=O)N(CC(=O)NCCCCN)C2=O.Cl. The van der Waals surface area contributed by atoms with Crippen LogP contribution in [0.4, 0.5) is 4.79 Å². The monoisotopic (exact) mass is 346 g/mol. The molecule has 1 saturated carbocycles. The van der Waals surface area contributed by atoms with E-state index in [4.69, 9.17) is 5.73 Å². The van der Waals surface area contributed by atoms with E-state index in [9.17, 15) is 14.4 Å². The summed E-state index contributed by atoms with van der Waals surface area (Å²) in [6.07, 6.45) is 5.22. The molecule has 0 aromatic carbocycles. The van der Waals surface area contributed by atoms with Crippen molar-refractivity contribution in [1.82, 2.24) is 15.5 Å². The Kier molecular flexibility index (Phi) is 7.28. The van der Waals surface area contributed by atoms with Gasteiger partial charge in [-0.3, -0.25) is 14.5 Å². The molecular formula is C15H27ClN4O3. The summed E-state index contributed by atoms with van der Waals surface area (Å²) in [5, 5.41) is 5.56. The van der Waals surface area contributed by atoms with E-state index in [0.29, 0.717) is 19.5 Å². The van der Waals surface area contributed by atoms with Gasteiger partial charge in [0.15, 0.2) is 0 Å². The molecule has 2 unspecified atom stereocenters. The zero-order valence-corrected chi connectivity index (χ0v) is 14.4. The minimum absolute atomic E-state index is 0. The predicted molar refractivity (Wildman–Crippen MR) is 89.2 cm³/mol. The lowest BCUT2D eigenvalue weighted by molar-refractivity contribution is -0.137. The fourth-order valence-corrected chi connectivity index (χ4v) is 3.34. The Bertz CT molecular complexity index is 460. The van der Waals surface area contributed by atoms with Gasteiger partial charge in [0.05, 0.1) is 0 Å². The number of carbonyl (C=O) groups is 3. The molecule has 1 aliphatic heterocycles. The number of amides is 4. The number of urea groups is 1. The van der Waals surface area contributed by atoms with Crippen LogP contribution < -0.4 is 16.4 Å². The number of rotatable bonds is 6. The Morgan fingerprint density at radius 2 is 2.13 bits per heavy atom. The molecule has 1 spiro atoms. The van der Waals surface area contributed by atoms with Gasteiger partial charge in [0.1, 0.15) is 12.1 Å². The molecule has 1 aliphatic carbocycles. The van der Waals surface area contributed by atoms with E-state index in [1.807, 2.05) is 6.92 Å². The first-order valence-electron chi connectivity index (χ1n) is 8.12. The van der Waals surface area contributed by atoms with Crippen molar-refractivity contribution in [2.24, 2.45) is 11.7 Å². The van der Waals surface area contributed by atoms with E-state index >= 15 is 0 Å². The number of nitrogens with two attached hydrogens (primary N) is 1. The van der Waals surface area contributed by atoms with Crippen LogP contribution in [-0.4, -0.2) is 47.9 Å². The largest absolute Gasteiger partial charge is 0.355 e. The fraction of sp³-hybridized carbons (Fsp3) is 0.800. The summed E-state index contributed by atoms with van der Waals surface area (Å²) in [7, 11) is 0. The summed E-state index contributed by atoms with van der Waals surface area (Å²) in [6.45, 7) is 2.89. The van der Waals surface area contributed by atoms with E-state index in [1.165, 1.54) is 0 Å². The molecule has 7 nitrogen and oxygen atoms in total. The maximum Gasteiger partial charge on any atom is 0.325 e. The molecule has 8 heteroatoms. The summed E-state index contributed by atoms with van der Waals surface area (Å²) in [5.41, 5.74) is 4.59. The third kappa shape index (κ3) is 4.14. The minimum atomic E-state index is -0.796. The molecule has 2 fully saturated rings. The zero-order chi connectivity index (χ0) is 16.2. The Labute approximate surface area is 143 Å².